The standard InChI is InChI=1S/C30H27FN4O3/c1-38-23-9-7-21(8-10-23)35-18-33-27-15-32-28(30(37)29(27)35)25-11-6-19(14-26(25)31)24-5-3-2-4-20(24)16-34-13-12-22(36)17-34/h2-11,14-15,18,22,28,36H,12-13,16-17H2,1H3/t22-,28?/m1/s1. The topological polar surface area (TPSA) is 80.0 Å². The predicted molar refractivity (Wildman–Crippen MR) is 143 cm³/mol. The van der Waals surface area contributed by atoms with E-state index in [2.05, 4.69) is 14.9 Å². The fraction of sp³-hybridized carbons (Fsp3) is 0.233. The number of aliphatic hydroxyl groups is 1. The average Bonchev–Trinajstić information content (AvgIpc) is 3.56. The minimum atomic E-state index is -0.994. The highest BCUT2D eigenvalue weighted by atomic mass is 19.1. The van der Waals surface area contributed by atoms with Crippen molar-refractivity contribution in [3.05, 3.63) is 101 Å². The van der Waals surface area contributed by atoms with E-state index in [-0.39, 0.29) is 17.5 Å². The average molecular weight is 511 g/mol. The van der Waals surface area contributed by atoms with Crippen LogP contribution in [0.4, 0.5) is 4.39 Å². The van der Waals surface area contributed by atoms with Gasteiger partial charge >= 0.3 is 0 Å². The molecule has 7 nitrogen and oxygen atoms in total. The normalized spacial score (nSPS) is 19.1. The fourth-order valence-corrected chi connectivity index (χ4v) is 5.26. The zero-order valence-corrected chi connectivity index (χ0v) is 20.9. The number of aromatic nitrogens is 2. The van der Waals surface area contributed by atoms with Gasteiger partial charge in [-0.05, 0) is 53.4 Å². The number of benzene rings is 3. The molecular weight excluding hydrogens is 483 g/mol. The van der Waals surface area contributed by atoms with E-state index in [4.69, 9.17) is 4.74 Å². The number of fused-ring (bicyclic) bond motifs is 1. The van der Waals surface area contributed by atoms with E-state index in [0.29, 0.717) is 30.2 Å². The number of carbonyl (C=O) groups excluding carboxylic acids is 1. The lowest BCUT2D eigenvalue weighted by molar-refractivity contribution is 0.0952. The Kier molecular flexibility index (Phi) is 6.35. The molecule has 3 heterocycles. The second kappa shape index (κ2) is 9.96. The SMILES string of the molecule is COc1ccc(-n2cnc3c2C(=O)C(c2ccc(-c4ccccc4CN4CC[C@@H](O)C4)cc2F)N=C3)cc1. The maximum absolute atomic E-state index is 15.6. The minimum absolute atomic E-state index is 0.225. The molecule has 4 aromatic rings. The van der Waals surface area contributed by atoms with Crippen LogP contribution < -0.4 is 4.74 Å². The zero-order chi connectivity index (χ0) is 26.2. The summed E-state index contributed by atoms with van der Waals surface area (Å²) < 4.78 is 22.5. The molecule has 2 aliphatic rings. The van der Waals surface area contributed by atoms with Crippen molar-refractivity contribution in [3.8, 4) is 22.6 Å². The molecule has 0 saturated carbocycles. The highest BCUT2D eigenvalue weighted by Crippen LogP contribution is 2.34. The van der Waals surface area contributed by atoms with Crippen LogP contribution in [0.5, 0.6) is 5.75 Å². The van der Waals surface area contributed by atoms with Crippen molar-refractivity contribution in [2.45, 2.75) is 25.1 Å². The Bertz CT molecular complexity index is 1530. The molecule has 192 valence electrons. The molecule has 1 saturated heterocycles. The highest BCUT2D eigenvalue weighted by molar-refractivity contribution is 6.08. The molecular formula is C30H27FN4O3. The van der Waals surface area contributed by atoms with Gasteiger partial charge in [-0.15, -0.1) is 0 Å². The van der Waals surface area contributed by atoms with E-state index >= 15 is 4.39 Å². The first-order chi connectivity index (χ1) is 18.5. The van der Waals surface area contributed by atoms with Crippen molar-refractivity contribution in [1.82, 2.24) is 14.5 Å². The number of likely N-dealkylation sites (tertiary alicyclic amines) is 1. The van der Waals surface area contributed by atoms with Crippen molar-refractivity contribution < 1.29 is 19.0 Å². The first kappa shape index (κ1) is 24.2. The summed E-state index contributed by atoms with van der Waals surface area (Å²) in [5, 5.41) is 9.89. The zero-order valence-electron chi connectivity index (χ0n) is 20.9. The van der Waals surface area contributed by atoms with Crippen molar-refractivity contribution in [3.63, 3.8) is 0 Å². The number of ketones is 1. The Balaban J connectivity index is 1.29. The second-order valence-corrected chi connectivity index (χ2v) is 9.66. The number of carbonyl (C=O) groups is 1. The van der Waals surface area contributed by atoms with Gasteiger partial charge in [-0.1, -0.05) is 36.4 Å². The number of hydrogen-bond donors (Lipinski definition) is 1. The second-order valence-electron chi connectivity index (χ2n) is 9.66. The fourth-order valence-electron chi connectivity index (χ4n) is 5.26. The van der Waals surface area contributed by atoms with Gasteiger partial charge < -0.3 is 9.84 Å². The number of aliphatic hydroxyl groups excluding tert-OH is 1. The van der Waals surface area contributed by atoms with Crippen LogP contribution >= 0.6 is 0 Å². The quantitative estimate of drug-likeness (QED) is 0.410. The summed E-state index contributed by atoms with van der Waals surface area (Å²) in [6, 6.07) is 19.2. The van der Waals surface area contributed by atoms with E-state index in [1.165, 1.54) is 12.3 Å². The molecule has 0 bridgehead atoms. The third-order valence-electron chi connectivity index (χ3n) is 7.24. The number of methoxy groups -OCH3 is 1. The summed E-state index contributed by atoms with van der Waals surface area (Å²) >= 11 is 0. The number of nitrogens with zero attached hydrogens (tertiary/aromatic N) is 4. The molecule has 1 N–H and O–H groups in total. The van der Waals surface area contributed by atoms with Gasteiger partial charge in [-0.2, -0.15) is 0 Å². The van der Waals surface area contributed by atoms with E-state index in [1.54, 1.807) is 24.1 Å². The van der Waals surface area contributed by atoms with Crippen LogP contribution in [0.3, 0.4) is 0 Å². The molecule has 0 amide bonds. The number of ether oxygens (including phenoxy) is 1. The van der Waals surface area contributed by atoms with Crippen LogP contribution in [-0.4, -0.2) is 57.9 Å². The number of imidazole rings is 1. The molecule has 1 aromatic heterocycles. The van der Waals surface area contributed by atoms with Crippen LogP contribution in [0.15, 0.2) is 78.0 Å². The van der Waals surface area contributed by atoms with Gasteiger partial charge in [0, 0.05) is 30.9 Å². The van der Waals surface area contributed by atoms with Crippen LogP contribution in [-0.2, 0) is 6.54 Å². The summed E-state index contributed by atoms with van der Waals surface area (Å²) in [6.07, 6.45) is 3.58. The monoisotopic (exact) mass is 510 g/mol. The highest BCUT2D eigenvalue weighted by Gasteiger charge is 2.32. The van der Waals surface area contributed by atoms with E-state index in [0.717, 1.165) is 35.3 Å². The molecule has 8 heteroatoms. The van der Waals surface area contributed by atoms with Crippen LogP contribution in [0.2, 0.25) is 0 Å². The number of halogens is 1. The smallest absolute Gasteiger partial charge is 0.210 e. The van der Waals surface area contributed by atoms with E-state index in [1.807, 2.05) is 54.6 Å². The van der Waals surface area contributed by atoms with Gasteiger partial charge in [0.2, 0.25) is 5.78 Å². The number of Topliss-reactive ketones (excluding diaryl/α,β-unsaturated/α-hetero) is 1. The molecule has 2 aliphatic heterocycles. The first-order valence-corrected chi connectivity index (χ1v) is 12.6. The summed E-state index contributed by atoms with van der Waals surface area (Å²) in [5.74, 6) is -0.0888. The minimum Gasteiger partial charge on any atom is -0.497 e. The molecule has 3 aromatic carbocycles. The summed E-state index contributed by atoms with van der Waals surface area (Å²) in [7, 11) is 1.59. The largest absolute Gasteiger partial charge is 0.497 e. The van der Waals surface area contributed by atoms with Crippen LogP contribution in [0, 0.1) is 5.82 Å². The Hall–Kier alpha value is -4.14. The van der Waals surface area contributed by atoms with Gasteiger partial charge in [0.15, 0.2) is 0 Å². The summed E-state index contributed by atoms with van der Waals surface area (Å²) in [5.41, 5.74) is 4.53. The molecule has 1 unspecified atom stereocenters. The van der Waals surface area contributed by atoms with Gasteiger partial charge in [0.25, 0.3) is 0 Å². The molecule has 0 spiro atoms. The molecule has 0 radical (unpaired) electrons. The van der Waals surface area contributed by atoms with Crippen LogP contribution in [0.25, 0.3) is 16.8 Å². The van der Waals surface area contributed by atoms with Gasteiger partial charge in [0.05, 0.1) is 19.4 Å². The maximum Gasteiger partial charge on any atom is 0.210 e. The molecule has 6 rings (SSSR count). The maximum atomic E-state index is 15.6. The molecule has 1 fully saturated rings. The number of β-amino-alcohol motifs (C(OH)–C–C–N with tert-alkyl or cyclic N) is 1. The number of aliphatic imine (C=N–C) groups is 1. The Morgan fingerprint density at radius 1 is 1.11 bits per heavy atom. The lowest BCUT2D eigenvalue weighted by atomic mass is 9.93. The lowest BCUT2D eigenvalue weighted by Crippen LogP contribution is -2.22. The van der Waals surface area contributed by atoms with Crippen molar-refractivity contribution in [2.75, 3.05) is 20.2 Å². The van der Waals surface area contributed by atoms with Crippen molar-refractivity contribution >= 4 is 12.0 Å². The van der Waals surface area contributed by atoms with Gasteiger partial charge in [-0.3, -0.25) is 19.3 Å². The molecule has 38 heavy (non-hydrogen) atoms. The van der Waals surface area contributed by atoms with Crippen molar-refractivity contribution in [1.29, 1.82) is 0 Å². The molecule has 0 aliphatic carbocycles. The van der Waals surface area contributed by atoms with Gasteiger partial charge in [0.1, 0.15) is 35.3 Å². The summed E-state index contributed by atoms with van der Waals surface area (Å²) in [4.78, 5) is 24.5. The third-order valence-corrected chi connectivity index (χ3v) is 7.24. The van der Waals surface area contributed by atoms with Crippen LogP contribution in [0.1, 0.15) is 39.8 Å². The summed E-state index contributed by atoms with van der Waals surface area (Å²) in [6.45, 7) is 2.15. The van der Waals surface area contributed by atoms with Crippen molar-refractivity contribution in [2.24, 2.45) is 4.99 Å². The Labute approximate surface area is 219 Å². The predicted octanol–water partition coefficient (Wildman–Crippen LogP) is 4.61. The third kappa shape index (κ3) is 4.42. The van der Waals surface area contributed by atoms with Gasteiger partial charge in [-0.25, -0.2) is 9.37 Å². The molecule has 2 atom stereocenters. The number of hydrogen-bond acceptors (Lipinski definition) is 6. The van der Waals surface area contributed by atoms with E-state index < -0.39 is 11.9 Å². The Morgan fingerprint density at radius 3 is 2.66 bits per heavy atom. The van der Waals surface area contributed by atoms with E-state index in [9.17, 15) is 9.90 Å². The Morgan fingerprint density at radius 2 is 1.92 bits per heavy atom. The lowest BCUT2D eigenvalue weighted by Gasteiger charge is -2.20. The first-order valence-electron chi connectivity index (χ1n) is 12.6. The number of rotatable bonds is 6.